The van der Waals surface area contributed by atoms with Crippen molar-refractivity contribution < 1.29 is 15.0 Å². The lowest BCUT2D eigenvalue weighted by molar-refractivity contribution is 0.0802. The molecule has 0 saturated heterocycles. The van der Waals surface area contributed by atoms with E-state index in [1.165, 1.54) is 0 Å². The molecule has 0 bridgehead atoms. The Hall–Kier alpha value is -1.79. The molecule has 0 aliphatic heterocycles. The van der Waals surface area contributed by atoms with Gasteiger partial charge in [-0.1, -0.05) is 0 Å². The van der Waals surface area contributed by atoms with E-state index in [0.29, 0.717) is 11.3 Å². The van der Waals surface area contributed by atoms with Crippen molar-refractivity contribution >= 4 is 17.3 Å². The summed E-state index contributed by atoms with van der Waals surface area (Å²) in [5.41, 5.74) is 7.60. The van der Waals surface area contributed by atoms with Gasteiger partial charge in [0.2, 0.25) is 0 Å². The number of nitrogens with one attached hydrogen (secondary N) is 1. The van der Waals surface area contributed by atoms with Gasteiger partial charge < -0.3 is 26.2 Å². The third kappa shape index (κ3) is 3.61. The van der Waals surface area contributed by atoms with Crippen LogP contribution in [0.25, 0.3) is 0 Å². The summed E-state index contributed by atoms with van der Waals surface area (Å²) < 4.78 is 0. The van der Waals surface area contributed by atoms with Crippen LogP contribution in [0.1, 0.15) is 10.4 Å². The number of aliphatic hydroxyl groups excluding tert-OH is 2. The van der Waals surface area contributed by atoms with Crippen LogP contribution in [0.5, 0.6) is 0 Å². The van der Waals surface area contributed by atoms with Crippen molar-refractivity contribution in [2.45, 2.75) is 6.10 Å². The van der Waals surface area contributed by atoms with Crippen LogP contribution in [0.15, 0.2) is 18.2 Å². The van der Waals surface area contributed by atoms with Gasteiger partial charge in [0.1, 0.15) is 0 Å². The Balaban J connectivity index is 2.73. The van der Waals surface area contributed by atoms with Gasteiger partial charge >= 0.3 is 0 Å². The number of benzene rings is 1. The van der Waals surface area contributed by atoms with Gasteiger partial charge in [0, 0.05) is 26.2 Å². The van der Waals surface area contributed by atoms with E-state index in [9.17, 15) is 4.79 Å². The van der Waals surface area contributed by atoms with Crippen LogP contribution in [0.3, 0.4) is 0 Å². The molecular formula is C12H19N3O3. The predicted octanol–water partition coefficient (Wildman–Crippen LogP) is -0.582. The molecule has 0 saturated carbocycles. The number of carbonyl (C=O) groups is 1. The monoisotopic (exact) mass is 253 g/mol. The summed E-state index contributed by atoms with van der Waals surface area (Å²) in [6.07, 6.45) is -0.952. The lowest BCUT2D eigenvalue weighted by Gasteiger charge is -2.16. The van der Waals surface area contributed by atoms with Gasteiger partial charge in [-0.05, 0) is 18.2 Å². The highest BCUT2D eigenvalue weighted by molar-refractivity contribution is 5.96. The average Bonchev–Trinajstić information content (AvgIpc) is 2.34. The summed E-state index contributed by atoms with van der Waals surface area (Å²) in [5.74, 6) is -0.334. The van der Waals surface area contributed by atoms with Gasteiger partial charge in [-0.3, -0.25) is 4.79 Å². The van der Waals surface area contributed by atoms with E-state index < -0.39 is 6.10 Å². The Morgan fingerprint density at radius 1 is 1.50 bits per heavy atom. The van der Waals surface area contributed by atoms with Crippen LogP contribution < -0.4 is 16.0 Å². The van der Waals surface area contributed by atoms with Crippen molar-refractivity contribution in [1.29, 1.82) is 0 Å². The Labute approximate surface area is 106 Å². The van der Waals surface area contributed by atoms with E-state index in [0.717, 1.165) is 5.69 Å². The molecule has 100 valence electrons. The summed E-state index contributed by atoms with van der Waals surface area (Å²) in [5, 5.41) is 20.3. The maximum atomic E-state index is 11.7. The second kappa shape index (κ2) is 6.23. The number of hydrogen-bond acceptors (Lipinski definition) is 5. The molecule has 1 rings (SSSR count). The number of rotatable bonds is 5. The minimum atomic E-state index is -0.952. The first-order valence-corrected chi connectivity index (χ1v) is 5.59. The lowest BCUT2D eigenvalue weighted by atomic mass is 10.1. The molecule has 0 fully saturated rings. The van der Waals surface area contributed by atoms with Gasteiger partial charge in [-0.15, -0.1) is 0 Å². The van der Waals surface area contributed by atoms with Crippen LogP contribution in [0.4, 0.5) is 11.4 Å². The Morgan fingerprint density at radius 2 is 2.17 bits per heavy atom. The second-order valence-corrected chi connectivity index (χ2v) is 4.21. The molecule has 18 heavy (non-hydrogen) atoms. The highest BCUT2D eigenvalue weighted by atomic mass is 16.3. The third-order valence-electron chi connectivity index (χ3n) is 2.48. The van der Waals surface area contributed by atoms with Crippen LogP contribution >= 0.6 is 0 Å². The van der Waals surface area contributed by atoms with Crippen molar-refractivity contribution in [2.24, 2.45) is 0 Å². The fraction of sp³-hybridized carbons (Fsp3) is 0.417. The van der Waals surface area contributed by atoms with Crippen molar-refractivity contribution in [3.8, 4) is 0 Å². The fourth-order valence-corrected chi connectivity index (χ4v) is 1.48. The molecule has 0 heterocycles. The van der Waals surface area contributed by atoms with E-state index in [-0.39, 0.29) is 19.1 Å². The zero-order chi connectivity index (χ0) is 13.7. The standard InChI is InChI=1S/C12H19N3O3/c1-15(2)11-4-3-8(5-10(11)13)12(18)14-6-9(17)7-16/h3-5,9,16-17H,6-7,13H2,1-2H3,(H,14,18). The highest BCUT2D eigenvalue weighted by Crippen LogP contribution is 2.22. The molecular weight excluding hydrogens is 234 g/mol. The van der Waals surface area contributed by atoms with Gasteiger partial charge in [0.25, 0.3) is 5.91 Å². The lowest BCUT2D eigenvalue weighted by Crippen LogP contribution is -2.33. The van der Waals surface area contributed by atoms with E-state index in [1.54, 1.807) is 18.2 Å². The van der Waals surface area contributed by atoms with Gasteiger partial charge in [-0.25, -0.2) is 0 Å². The minimum Gasteiger partial charge on any atom is -0.397 e. The molecule has 1 aromatic carbocycles. The summed E-state index contributed by atoms with van der Waals surface area (Å²) in [4.78, 5) is 13.6. The number of carbonyl (C=O) groups excluding carboxylic acids is 1. The Bertz CT molecular complexity index is 421. The fourth-order valence-electron chi connectivity index (χ4n) is 1.48. The predicted molar refractivity (Wildman–Crippen MR) is 70.6 cm³/mol. The Kier molecular flexibility index (Phi) is 4.94. The zero-order valence-electron chi connectivity index (χ0n) is 10.6. The van der Waals surface area contributed by atoms with Gasteiger partial charge in [0.15, 0.2) is 0 Å². The number of nitrogen functional groups attached to an aromatic ring is 1. The first-order chi connectivity index (χ1) is 8.45. The van der Waals surface area contributed by atoms with E-state index in [4.69, 9.17) is 15.9 Å². The number of anilines is 2. The summed E-state index contributed by atoms with van der Waals surface area (Å²) in [6, 6.07) is 5.00. The second-order valence-electron chi connectivity index (χ2n) is 4.21. The summed E-state index contributed by atoms with van der Waals surface area (Å²) in [7, 11) is 3.73. The third-order valence-corrected chi connectivity index (χ3v) is 2.48. The molecule has 0 aromatic heterocycles. The van der Waals surface area contributed by atoms with Crippen molar-refractivity contribution in [2.75, 3.05) is 37.9 Å². The number of hydrogen-bond donors (Lipinski definition) is 4. The van der Waals surface area contributed by atoms with Crippen molar-refractivity contribution in [3.05, 3.63) is 23.8 Å². The van der Waals surface area contributed by atoms with Gasteiger partial charge in [-0.2, -0.15) is 0 Å². The largest absolute Gasteiger partial charge is 0.397 e. The summed E-state index contributed by atoms with van der Waals surface area (Å²) in [6.45, 7) is -0.382. The minimum absolute atomic E-state index is 0.00463. The topological polar surface area (TPSA) is 98.8 Å². The normalized spacial score (nSPS) is 12.0. The molecule has 0 spiro atoms. The molecule has 1 atom stereocenters. The van der Waals surface area contributed by atoms with Crippen LogP contribution in [-0.2, 0) is 0 Å². The number of aliphatic hydroxyl groups is 2. The maximum absolute atomic E-state index is 11.7. The zero-order valence-corrected chi connectivity index (χ0v) is 10.6. The van der Waals surface area contributed by atoms with Gasteiger partial charge in [0.05, 0.1) is 24.1 Å². The van der Waals surface area contributed by atoms with E-state index in [2.05, 4.69) is 5.32 Å². The van der Waals surface area contributed by atoms with Crippen LogP contribution in [-0.4, -0.2) is 49.5 Å². The molecule has 0 aliphatic carbocycles. The van der Waals surface area contributed by atoms with E-state index >= 15 is 0 Å². The highest BCUT2D eigenvalue weighted by Gasteiger charge is 2.10. The van der Waals surface area contributed by atoms with Crippen LogP contribution in [0.2, 0.25) is 0 Å². The average molecular weight is 253 g/mol. The summed E-state index contributed by atoms with van der Waals surface area (Å²) >= 11 is 0. The smallest absolute Gasteiger partial charge is 0.251 e. The van der Waals surface area contributed by atoms with Crippen LogP contribution in [0, 0.1) is 0 Å². The Morgan fingerprint density at radius 3 is 2.67 bits per heavy atom. The molecule has 1 amide bonds. The quantitative estimate of drug-likeness (QED) is 0.526. The van der Waals surface area contributed by atoms with E-state index in [1.807, 2.05) is 19.0 Å². The van der Waals surface area contributed by atoms with Crippen molar-refractivity contribution in [3.63, 3.8) is 0 Å². The van der Waals surface area contributed by atoms with Crippen molar-refractivity contribution in [1.82, 2.24) is 5.32 Å². The molecule has 0 aliphatic rings. The number of nitrogens with zero attached hydrogens (tertiary/aromatic N) is 1. The first-order valence-electron chi connectivity index (χ1n) is 5.59. The first kappa shape index (κ1) is 14.3. The maximum Gasteiger partial charge on any atom is 0.251 e. The molecule has 6 heteroatoms. The molecule has 1 aromatic rings. The molecule has 5 N–H and O–H groups in total. The molecule has 0 radical (unpaired) electrons. The number of nitrogens with two attached hydrogens (primary N) is 1. The number of amides is 1. The SMILES string of the molecule is CN(C)c1ccc(C(=O)NCC(O)CO)cc1N. The molecule has 1 unspecified atom stereocenters. The molecule has 6 nitrogen and oxygen atoms in total.